The summed E-state index contributed by atoms with van der Waals surface area (Å²) in [6.07, 6.45) is 1.05. The molecule has 0 saturated carbocycles. The van der Waals surface area contributed by atoms with Gasteiger partial charge >= 0.3 is 0 Å². The maximum atomic E-state index is 12.2. The minimum atomic E-state index is -0.139. The Balaban J connectivity index is 1.98. The molecule has 2 amide bonds. The quantitative estimate of drug-likeness (QED) is 0.757. The Bertz CT molecular complexity index is 478. The van der Waals surface area contributed by atoms with Crippen molar-refractivity contribution in [2.24, 2.45) is 5.92 Å². The van der Waals surface area contributed by atoms with Crippen LogP contribution < -0.4 is 16.0 Å². The Morgan fingerprint density at radius 2 is 2.20 bits per heavy atom. The molecule has 5 heteroatoms. The summed E-state index contributed by atoms with van der Waals surface area (Å²) in [5, 5.41) is 8.96. The number of piperidine rings is 1. The van der Waals surface area contributed by atoms with Gasteiger partial charge in [-0.15, -0.1) is 0 Å². The zero-order valence-corrected chi connectivity index (χ0v) is 11.7. The van der Waals surface area contributed by atoms with Gasteiger partial charge in [-0.25, -0.2) is 0 Å². The predicted molar refractivity (Wildman–Crippen MR) is 78.2 cm³/mol. The van der Waals surface area contributed by atoms with Crippen molar-refractivity contribution < 1.29 is 9.59 Å². The first-order chi connectivity index (χ1) is 9.70. The second-order valence-electron chi connectivity index (χ2n) is 4.97. The Morgan fingerprint density at radius 1 is 1.40 bits per heavy atom. The van der Waals surface area contributed by atoms with Crippen LogP contribution in [0.2, 0.25) is 0 Å². The molecule has 1 fully saturated rings. The van der Waals surface area contributed by atoms with Crippen molar-refractivity contribution in [1.82, 2.24) is 10.6 Å². The normalized spacial score (nSPS) is 18.4. The number of para-hydroxylation sites is 1. The molecule has 1 aromatic rings. The van der Waals surface area contributed by atoms with Gasteiger partial charge in [0, 0.05) is 25.2 Å². The SMILES string of the molecule is CCNCc1ccccc1NC(=O)C1CCC(=O)NC1. The Kier molecular flexibility index (Phi) is 5.12. The van der Waals surface area contributed by atoms with E-state index in [1.165, 1.54) is 0 Å². The predicted octanol–water partition coefficient (Wildman–Crippen LogP) is 1.26. The Labute approximate surface area is 119 Å². The fraction of sp³-hybridized carbons (Fsp3) is 0.467. The Morgan fingerprint density at radius 3 is 2.90 bits per heavy atom. The van der Waals surface area contributed by atoms with Crippen LogP contribution in [0.1, 0.15) is 25.3 Å². The first-order valence-corrected chi connectivity index (χ1v) is 7.07. The number of anilines is 1. The lowest BCUT2D eigenvalue weighted by molar-refractivity contribution is -0.126. The van der Waals surface area contributed by atoms with E-state index in [4.69, 9.17) is 0 Å². The maximum Gasteiger partial charge on any atom is 0.229 e. The highest BCUT2D eigenvalue weighted by atomic mass is 16.2. The van der Waals surface area contributed by atoms with Crippen LogP contribution in [0.4, 0.5) is 5.69 Å². The third kappa shape index (κ3) is 3.81. The van der Waals surface area contributed by atoms with E-state index in [-0.39, 0.29) is 17.7 Å². The summed E-state index contributed by atoms with van der Waals surface area (Å²) in [6, 6.07) is 7.78. The number of carbonyl (C=O) groups excluding carboxylic acids is 2. The van der Waals surface area contributed by atoms with Gasteiger partial charge in [0.1, 0.15) is 0 Å². The lowest BCUT2D eigenvalue weighted by Gasteiger charge is -2.22. The highest BCUT2D eigenvalue weighted by Gasteiger charge is 2.24. The monoisotopic (exact) mass is 275 g/mol. The summed E-state index contributed by atoms with van der Waals surface area (Å²) in [4.78, 5) is 23.3. The van der Waals surface area contributed by atoms with Crippen molar-refractivity contribution in [2.45, 2.75) is 26.3 Å². The molecule has 0 bridgehead atoms. The van der Waals surface area contributed by atoms with Crippen LogP contribution in [-0.4, -0.2) is 24.9 Å². The zero-order chi connectivity index (χ0) is 14.4. The van der Waals surface area contributed by atoms with E-state index in [9.17, 15) is 9.59 Å². The summed E-state index contributed by atoms with van der Waals surface area (Å²) >= 11 is 0. The molecule has 0 radical (unpaired) electrons. The first kappa shape index (κ1) is 14.5. The van der Waals surface area contributed by atoms with Crippen molar-refractivity contribution in [3.05, 3.63) is 29.8 Å². The molecule has 108 valence electrons. The minimum Gasteiger partial charge on any atom is -0.355 e. The molecule has 3 N–H and O–H groups in total. The van der Waals surface area contributed by atoms with Crippen molar-refractivity contribution in [1.29, 1.82) is 0 Å². The van der Waals surface area contributed by atoms with Gasteiger partial charge in [-0.1, -0.05) is 25.1 Å². The van der Waals surface area contributed by atoms with E-state index in [1.54, 1.807) is 0 Å². The molecule has 1 aliphatic heterocycles. The highest BCUT2D eigenvalue weighted by Crippen LogP contribution is 2.18. The van der Waals surface area contributed by atoms with Crippen LogP contribution in [0, 0.1) is 5.92 Å². The van der Waals surface area contributed by atoms with E-state index in [2.05, 4.69) is 16.0 Å². The smallest absolute Gasteiger partial charge is 0.229 e. The summed E-state index contributed by atoms with van der Waals surface area (Å²) in [5.41, 5.74) is 1.91. The molecule has 0 spiro atoms. The van der Waals surface area contributed by atoms with Crippen LogP contribution in [0.5, 0.6) is 0 Å². The van der Waals surface area contributed by atoms with E-state index in [1.807, 2.05) is 31.2 Å². The maximum absolute atomic E-state index is 12.2. The van der Waals surface area contributed by atoms with Gasteiger partial charge in [0.05, 0.1) is 5.92 Å². The second-order valence-corrected chi connectivity index (χ2v) is 4.97. The first-order valence-electron chi connectivity index (χ1n) is 7.07. The van der Waals surface area contributed by atoms with Gasteiger partial charge in [-0.3, -0.25) is 9.59 Å². The van der Waals surface area contributed by atoms with Crippen LogP contribution in [0.15, 0.2) is 24.3 Å². The van der Waals surface area contributed by atoms with Gasteiger partial charge in [0.15, 0.2) is 0 Å². The van der Waals surface area contributed by atoms with Gasteiger partial charge < -0.3 is 16.0 Å². The molecule has 0 aliphatic carbocycles. The lowest BCUT2D eigenvalue weighted by atomic mass is 9.98. The van der Waals surface area contributed by atoms with E-state index < -0.39 is 0 Å². The largest absolute Gasteiger partial charge is 0.355 e. The van der Waals surface area contributed by atoms with Crippen LogP contribution in [0.3, 0.4) is 0 Å². The van der Waals surface area contributed by atoms with Gasteiger partial charge in [0.2, 0.25) is 11.8 Å². The van der Waals surface area contributed by atoms with Crippen molar-refractivity contribution in [3.63, 3.8) is 0 Å². The van der Waals surface area contributed by atoms with Crippen molar-refractivity contribution in [3.8, 4) is 0 Å². The lowest BCUT2D eigenvalue weighted by Crippen LogP contribution is -2.40. The summed E-state index contributed by atoms with van der Waals surface area (Å²) in [6.45, 7) is 4.09. The van der Waals surface area contributed by atoms with Gasteiger partial charge in [-0.2, -0.15) is 0 Å². The molecule has 0 aromatic heterocycles. The standard InChI is InChI=1S/C15H21N3O2/c1-2-16-9-11-5-3-4-6-13(11)18-15(20)12-7-8-14(19)17-10-12/h3-6,12,16H,2,7-10H2,1H3,(H,17,19)(H,18,20). The average molecular weight is 275 g/mol. The third-order valence-corrected chi connectivity index (χ3v) is 3.48. The highest BCUT2D eigenvalue weighted by molar-refractivity contribution is 5.94. The number of nitrogens with one attached hydrogen (secondary N) is 3. The topological polar surface area (TPSA) is 70.2 Å². The molecule has 1 heterocycles. The van der Waals surface area contributed by atoms with Gasteiger partial charge in [-0.05, 0) is 24.6 Å². The van der Waals surface area contributed by atoms with E-state index >= 15 is 0 Å². The van der Waals surface area contributed by atoms with Crippen LogP contribution in [-0.2, 0) is 16.1 Å². The minimum absolute atomic E-state index is 0.0195. The summed E-state index contributed by atoms with van der Waals surface area (Å²) in [5.74, 6) is -0.129. The number of hydrogen-bond donors (Lipinski definition) is 3. The molecular formula is C15H21N3O2. The zero-order valence-electron chi connectivity index (χ0n) is 11.7. The number of rotatable bonds is 5. The number of hydrogen-bond acceptors (Lipinski definition) is 3. The van der Waals surface area contributed by atoms with Crippen LogP contribution in [0.25, 0.3) is 0 Å². The second kappa shape index (κ2) is 7.05. The molecular weight excluding hydrogens is 254 g/mol. The molecule has 1 atom stereocenters. The summed E-state index contributed by atoms with van der Waals surface area (Å²) in [7, 11) is 0. The molecule has 1 unspecified atom stereocenters. The van der Waals surface area contributed by atoms with Crippen molar-refractivity contribution in [2.75, 3.05) is 18.4 Å². The molecule has 1 saturated heterocycles. The fourth-order valence-corrected chi connectivity index (χ4v) is 2.25. The average Bonchev–Trinajstić information content (AvgIpc) is 2.47. The molecule has 1 aromatic carbocycles. The Hall–Kier alpha value is -1.88. The third-order valence-electron chi connectivity index (χ3n) is 3.48. The molecule has 20 heavy (non-hydrogen) atoms. The molecule has 1 aliphatic rings. The van der Waals surface area contributed by atoms with Crippen molar-refractivity contribution >= 4 is 17.5 Å². The number of amides is 2. The van der Waals surface area contributed by atoms with E-state index in [0.29, 0.717) is 19.4 Å². The van der Waals surface area contributed by atoms with E-state index in [0.717, 1.165) is 24.3 Å². The number of carbonyl (C=O) groups is 2. The van der Waals surface area contributed by atoms with Crippen LogP contribution >= 0.6 is 0 Å². The fourth-order valence-electron chi connectivity index (χ4n) is 2.25. The number of benzene rings is 1. The molecule has 2 rings (SSSR count). The summed E-state index contributed by atoms with van der Waals surface area (Å²) < 4.78 is 0. The molecule has 5 nitrogen and oxygen atoms in total. The van der Waals surface area contributed by atoms with Gasteiger partial charge in [0.25, 0.3) is 0 Å².